The Morgan fingerprint density at radius 1 is 1.16 bits per heavy atom. The van der Waals surface area contributed by atoms with E-state index in [1.165, 1.54) is 16.4 Å². The molecule has 0 saturated carbocycles. The van der Waals surface area contributed by atoms with Gasteiger partial charge in [-0.1, -0.05) is 25.1 Å². The summed E-state index contributed by atoms with van der Waals surface area (Å²) < 4.78 is 32.6. The Morgan fingerprint density at radius 2 is 1.94 bits per heavy atom. The summed E-state index contributed by atoms with van der Waals surface area (Å²) in [5.74, 6) is 0.195. The monoisotopic (exact) mass is 455 g/mol. The number of hydrogen-bond donors (Lipinski definition) is 1. The summed E-state index contributed by atoms with van der Waals surface area (Å²) in [6.45, 7) is 4.86. The predicted octanol–water partition coefficient (Wildman–Crippen LogP) is 3.04. The van der Waals surface area contributed by atoms with Gasteiger partial charge in [0.25, 0.3) is 5.91 Å². The first kappa shape index (κ1) is 22.1. The zero-order valence-electron chi connectivity index (χ0n) is 17.9. The van der Waals surface area contributed by atoms with Crippen molar-refractivity contribution >= 4 is 15.9 Å². The van der Waals surface area contributed by atoms with Crippen LogP contribution in [0.1, 0.15) is 49.0 Å². The first-order chi connectivity index (χ1) is 15.4. The van der Waals surface area contributed by atoms with E-state index >= 15 is 0 Å². The van der Waals surface area contributed by atoms with Gasteiger partial charge in [-0.25, -0.2) is 8.42 Å². The zero-order valence-corrected chi connectivity index (χ0v) is 18.7. The summed E-state index contributed by atoms with van der Waals surface area (Å²) >= 11 is 0. The number of hydrogen-bond acceptors (Lipinski definition) is 7. The predicted molar refractivity (Wildman–Crippen MR) is 117 cm³/mol. The molecule has 0 spiro atoms. The van der Waals surface area contributed by atoms with Crippen molar-refractivity contribution in [2.45, 2.75) is 37.6 Å². The van der Waals surface area contributed by atoms with Gasteiger partial charge in [0.15, 0.2) is 0 Å². The van der Waals surface area contributed by atoms with E-state index in [4.69, 9.17) is 4.52 Å². The van der Waals surface area contributed by atoms with Crippen molar-refractivity contribution in [1.29, 1.82) is 0 Å². The zero-order chi connectivity index (χ0) is 22.7. The highest BCUT2D eigenvalue weighted by atomic mass is 32.2. The molecule has 1 aliphatic rings. The summed E-state index contributed by atoms with van der Waals surface area (Å²) in [6.07, 6.45) is 4.98. The van der Waals surface area contributed by atoms with Gasteiger partial charge in [-0.15, -0.1) is 0 Å². The molecule has 0 aliphatic carbocycles. The van der Waals surface area contributed by atoms with Gasteiger partial charge in [0.1, 0.15) is 6.04 Å². The van der Waals surface area contributed by atoms with Crippen LogP contribution in [-0.2, 0) is 10.0 Å². The SMILES string of the molecule is CC(C)[C@H](NC(=O)c1cccc(S(=O)(=O)N2CCCC2)c1)c1nc(-c2cccnc2)no1. The molecule has 168 valence electrons. The van der Waals surface area contributed by atoms with Crippen molar-refractivity contribution in [3.05, 3.63) is 60.2 Å². The molecule has 3 heterocycles. The van der Waals surface area contributed by atoms with Crippen molar-refractivity contribution in [2.24, 2.45) is 5.92 Å². The van der Waals surface area contributed by atoms with E-state index in [2.05, 4.69) is 20.4 Å². The Hall–Kier alpha value is -3.11. The lowest BCUT2D eigenvalue weighted by molar-refractivity contribution is 0.0913. The number of carbonyl (C=O) groups excluding carboxylic acids is 1. The molecule has 10 heteroatoms. The van der Waals surface area contributed by atoms with Crippen LogP contribution in [0.15, 0.2) is 58.2 Å². The highest BCUT2D eigenvalue weighted by Crippen LogP contribution is 2.25. The Kier molecular flexibility index (Phi) is 6.33. The average Bonchev–Trinajstić information content (AvgIpc) is 3.51. The molecule has 1 aromatic carbocycles. The number of nitrogens with one attached hydrogen (secondary N) is 1. The van der Waals surface area contributed by atoms with Crippen LogP contribution in [0.5, 0.6) is 0 Å². The van der Waals surface area contributed by atoms with E-state index < -0.39 is 22.0 Å². The molecule has 1 amide bonds. The van der Waals surface area contributed by atoms with Crippen molar-refractivity contribution in [2.75, 3.05) is 13.1 Å². The maximum atomic E-state index is 13.0. The van der Waals surface area contributed by atoms with E-state index in [1.807, 2.05) is 19.9 Å². The van der Waals surface area contributed by atoms with Crippen LogP contribution in [0, 0.1) is 5.92 Å². The molecule has 1 atom stereocenters. The van der Waals surface area contributed by atoms with Gasteiger partial charge >= 0.3 is 0 Å². The lowest BCUT2D eigenvalue weighted by Gasteiger charge is -2.19. The van der Waals surface area contributed by atoms with Gasteiger partial charge in [0, 0.05) is 36.6 Å². The third kappa shape index (κ3) is 4.56. The quantitative estimate of drug-likeness (QED) is 0.582. The first-order valence-electron chi connectivity index (χ1n) is 10.5. The van der Waals surface area contributed by atoms with Crippen LogP contribution in [0.3, 0.4) is 0 Å². The molecule has 1 N–H and O–H groups in total. The normalized spacial score (nSPS) is 15.7. The summed E-state index contributed by atoms with van der Waals surface area (Å²) in [7, 11) is -3.61. The topological polar surface area (TPSA) is 118 Å². The average molecular weight is 456 g/mol. The van der Waals surface area contributed by atoms with E-state index in [-0.39, 0.29) is 22.3 Å². The highest BCUT2D eigenvalue weighted by Gasteiger charge is 2.29. The molecule has 3 aromatic rings. The molecule has 2 aromatic heterocycles. The summed E-state index contributed by atoms with van der Waals surface area (Å²) in [6, 6.07) is 9.14. The number of benzene rings is 1. The molecule has 4 rings (SSSR count). The summed E-state index contributed by atoms with van der Waals surface area (Å²) in [4.78, 5) is 21.6. The Labute approximate surface area is 186 Å². The number of amides is 1. The Balaban J connectivity index is 1.55. The van der Waals surface area contributed by atoms with Gasteiger partial charge in [-0.3, -0.25) is 9.78 Å². The van der Waals surface area contributed by atoms with E-state index in [0.29, 0.717) is 24.5 Å². The lowest BCUT2D eigenvalue weighted by atomic mass is 10.0. The summed E-state index contributed by atoms with van der Waals surface area (Å²) in [5.41, 5.74) is 0.957. The molecular formula is C22H25N5O4S. The highest BCUT2D eigenvalue weighted by molar-refractivity contribution is 7.89. The number of aromatic nitrogens is 3. The van der Waals surface area contributed by atoms with Crippen LogP contribution in [0.2, 0.25) is 0 Å². The van der Waals surface area contributed by atoms with Crippen LogP contribution in [0.25, 0.3) is 11.4 Å². The van der Waals surface area contributed by atoms with Gasteiger partial charge in [0.2, 0.25) is 21.7 Å². The maximum Gasteiger partial charge on any atom is 0.251 e. The molecule has 0 radical (unpaired) electrons. The summed E-state index contributed by atoms with van der Waals surface area (Å²) in [5, 5.41) is 6.90. The fourth-order valence-corrected chi connectivity index (χ4v) is 5.15. The molecule has 1 saturated heterocycles. The van der Waals surface area contributed by atoms with Crippen LogP contribution < -0.4 is 5.32 Å². The molecule has 32 heavy (non-hydrogen) atoms. The molecule has 1 aliphatic heterocycles. The van der Waals surface area contributed by atoms with Gasteiger partial charge < -0.3 is 9.84 Å². The lowest BCUT2D eigenvalue weighted by Crippen LogP contribution is -2.32. The number of pyridine rings is 1. The van der Waals surface area contributed by atoms with Crippen LogP contribution >= 0.6 is 0 Å². The molecule has 0 unspecified atom stereocenters. The van der Waals surface area contributed by atoms with Gasteiger partial charge in [-0.05, 0) is 49.1 Å². The minimum absolute atomic E-state index is 0.0438. The standard InChI is InChI=1S/C22H25N5O4S/c1-15(2)19(22-25-20(26-31-22)17-8-6-10-23-14-17)24-21(28)16-7-5-9-18(13-16)32(29,30)27-11-3-4-12-27/h5-10,13-15,19H,3-4,11-12H2,1-2H3,(H,24,28)/t19-/m0/s1. The van der Waals surface area contributed by atoms with Crippen LogP contribution in [0.4, 0.5) is 0 Å². The molecular weight excluding hydrogens is 430 g/mol. The number of nitrogens with zero attached hydrogens (tertiary/aromatic N) is 4. The van der Waals surface area contributed by atoms with E-state index in [1.54, 1.807) is 30.6 Å². The van der Waals surface area contributed by atoms with Crippen molar-refractivity contribution in [1.82, 2.24) is 24.7 Å². The fraction of sp³-hybridized carbons (Fsp3) is 0.364. The Morgan fingerprint density at radius 3 is 2.62 bits per heavy atom. The second-order valence-electron chi connectivity index (χ2n) is 8.03. The minimum Gasteiger partial charge on any atom is -0.340 e. The third-order valence-corrected chi connectivity index (χ3v) is 7.27. The van der Waals surface area contributed by atoms with E-state index in [9.17, 15) is 13.2 Å². The maximum absolute atomic E-state index is 13.0. The van der Waals surface area contributed by atoms with E-state index in [0.717, 1.165) is 12.8 Å². The fourth-order valence-electron chi connectivity index (χ4n) is 3.59. The van der Waals surface area contributed by atoms with Crippen molar-refractivity contribution in [3.8, 4) is 11.4 Å². The number of sulfonamides is 1. The van der Waals surface area contributed by atoms with Gasteiger partial charge in [0.05, 0.1) is 4.90 Å². The first-order valence-corrected chi connectivity index (χ1v) is 12.0. The molecule has 1 fully saturated rings. The van der Waals surface area contributed by atoms with Crippen molar-refractivity contribution in [3.63, 3.8) is 0 Å². The minimum atomic E-state index is -3.61. The number of carbonyl (C=O) groups is 1. The molecule has 0 bridgehead atoms. The number of rotatable bonds is 7. The molecule has 9 nitrogen and oxygen atoms in total. The van der Waals surface area contributed by atoms with Gasteiger partial charge in [-0.2, -0.15) is 9.29 Å². The second kappa shape index (κ2) is 9.17. The Bertz CT molecular complexity index is 1190. The smallest absolute Gasteiger partial charge is 0.251 e. The van der Waals surface area contributed by atoms with Crippen molar-refractivity contribution < 1.29 is 17.7 Å². The van der Waals surface area contributed by atoms with Crippen LogP contribution in [-0.4, -0.2) is 46.8 Å². The largest absolute Gasteiger partial charge is 0.340 e. The second-order valence-corrected chi connectivity index (χ2v) is 9.97. The third-order valence-electron chi connectivity index (χ3n) is 5.38.